The van der Waals surface area contributed by atoms with E-state index in [0.29, 0.717) is 0 Å². The molecule has 0 saturated carbocycles. The van der Waals surface area contributed by atoms with E-state index in [1.165, 1.54) is 62.2 Å². The maximum absolute atomic E-state index is 2.42. The van der Waals surface area contributed by atoms with Crippen molar-refractivity contribution in [3.63, 3.8) is 0 Å². The molecule has 1 heteroatoms. The Bertz CT molecular complexity index is 129. The van der Waals surface area contributed by atoms with Gasteiger partial charge in [-0.3, -0.25) is 0 Å². The van der Waals surface area contributed by atoms with Crippen molar-refractivity contribution in [1.29, 1.82) is 0 Å². The van der Waals surface area contributed by atoms with Crippen LogP contribution < -0.4 is 0 Å². The maximum atomic E-state index is 2.42. The highest BCUT2D eigenvalue weighted by Crippen LogP contribution is 2.07. The lowest BCUT2D eigenvalue weighted by Crippen LogP contribution is -1.78. The van der Waals surface area contributed by atoms with Crippen molar-refractivity contribution in [2.75, 3.05) is 4.43 Å². The molecule has 0 amide bonds. The predicted molar refractivity (Wildman–Crippen MR) is 79.6 cm³/mol. The van der Waals surface area contributed by atoms with E-state index in [2.05, 4.69) is 48.1 Å². The molecule has 0 saturated heterocycles. The van der Waals surface area contributed by atoms with Crippen molar-refractivity contribution in [3.8, 4) is 0 Å². The highest BCUT2D eigenvalue weighted by atomic mass is 127. The first-order valence-electron chi connectivity index (χ1n) is 6.44. The predicted octanol–water partition coefficient (Wildman–Crippen LogP) is 5.71. The quantitative estimate of drug-likeness (QED) is 0.198. The number of alkyl halides is 1. The number of hydrogen-bond donors (Lipinski definition) is 0. The zero-order chi connectivity index (χ0) is 11.2. The lowest BCUT2D eigenvalue weighted by atomic mass is 10.1. The van der Waals surface area contributed by atoms with Gasteiger partial charge in [-0.25, -0.2) is 0 Å². The van der Waals surface area contributed by atoms with Crippen LogP contribution in [0, 0.1) is 6.42 Å². The van der Waals surface area contributed by atoms with Crippen LogP contribution in [0.3, 0.4) is 0 Å². The van der Waals surface area contributed by atoms with E-state index in [0.717, 1.165) is 0 Å². The van der Waals surface area contributed by atoms with Crippen molar-refractivity contribution in [3.05, 3.63) is 18.6 Å². The Balaban J connectivity index is 2.96. The van der Waals surface area contributed by atoms with Gasteiger partial charge in [0.05, 0.1) is 0 Å². The summed E-state index contributed by atoms with van der Waals surface area (Å²) in [7, 11) is 0. The highest BCUT2D eigenvalue weighted by Gasteiger charge is 1.88. The number of hydrogen-bond acceptors (Lipinski definition) is 0. The second-order valence-corrected chi connectivity index (χ2v) is 5.11. The molecular formula is C14H26I. The van der Waals surface area contributed by atoms with Crippen molar-refractivity contribution in [2.24, 2.45) is 0 Å². The molecule has 0 aromatic heterocycles. The van der Waals surface area contributed by atoms with Gasteiger partial charge in [-0.05, 0) is 36.5 Å². The first-order valence-corrected chi connectivity index (χ1v) is 7.97. The minimum atomic E-state index is 1.17. The molecule has 1 radical (unpaired) electrons. The van der Waals surface area contributed by atoms with Gasteiger partial charge >= 0.3 is 0 Å². The van der Waals surface area contributed by atoms with Crippen molar-refractivity contribution in [2.45, 2.75) is 64.7 Å². The standard InChI is InChI=1S/C14H26I/c1-2-3-4-5-6-7-8-9-10-11-12-13-14-15/h9-10,12H,2-8,11,13-14H2,1H3/b10-9+. The maximum Gasteiger partial charge on any atom is -0.000188 e. The summed E-state index contributed by atoms with van der Waals surface area (Å²) in [5.74, 6) is 0. The zero-order valence-corrected chi connectivity index (χ0v) is 12.3. The molecule has 89 valence electrons. The molecular weight excluding hydrogens is 295 g/mol. The topological polar surface area (TPSA) is 0 Å². The fourth-order valence-corrected chi connectivity index (χ4v) is 1.99. The molecule has 0 fully saturated rings. The second kappa shape index (κ2) is 14.5. The number of allylic oxidation sites excluding steroid dienone is 2. The number of unbranched alkanes of at least 4 members (excludes halogenated alkanes) is 8. The molecule has 0 spiro atoms. The van der Waals surface area contributed by atoms with Gasteiger partial charge in [-0.1, -0.05) is 73.8 Å². The Labute approximate surface area is 110 Å². The molecule has 0 heterocycles. The Morgan fingerprint density at radius 3 is 2.33 bits per heavy atom. The summed E-state index contributed by atoms with van der Waals surface area (Å²) in [6.07, 6.45) is 19.2. The van der Waals surface area contributed by atoms with Crippen LogP contribution in [0.5, 0.6) is 0 Å². The number of halogens is 1. The van der Waals surface area contributed by atoms with Gasteiger partial charge < -0.3 is 0 Å². The van der Waals surface area contributed by atoms with Crippen LogP contribution in [0.2, 0.25) is 0 Å². The molecule has 0 aromatic carbocycles. The highest BCUT2D eigenvalue weighted by molar-refractivity contribution is 14.1. The lowest BCUT2D eigenvalue weighted by molar-refractivity contribution is 0.611. The molecule has 15 heavy (non-hydrogen) atoms. The fourth-order valence-electron chi connectivity index (χ4n) is 1.55. The largest absolute Gasteiger partial charge is 0.0885 e. The summed E-state index contributed by atoms with van der Waals surface area (Å²) in [5, 5.41) is 0. The average molecular weight is 321 g/mol. The van der Waals surface area contributed by atoms with Gasteiger partial charge in [-0.2, -0.15) is 0 Å². The van der Waals surface area contributed by atoms with Gasteiger partial charge in [0, 0.05) is 0 Å². The monoisotopic (exact) mass is 321 g/mol. The van der Waals surface area contributed by atoms with E-state index in [4.69, 9.17) is 0 Å². The van der Waals surface area contributed by atoms with Crippen LogP contribution in [0.25, 0.3) is 0 Å². The molecule has 0 N–H and O–H groups in total. The molecule has 0 rings (SSSR count). The first-order chi connectivity index (χ1) is 7.41. The van der Waals surface area contributed by atoms with E-state index in [9.17, 15) is 0 Å². The molecule has 0 unspecified atom stereocenters. The summed E-state index contributed by atoms with van der Waals surface area (Å²) < 4.78 is 1.25. The van der Waals surface area contributed by atoms with Gasteiger partial charge in [0.15, 0.2) is 0 Å². The van der Waals surface area contributed by atoms with Crippen molar-refractivity contribution < 1.29 is 0 Å². The lowest BCUT2D eigenvalue weighted by Gasteiger charge is -1.97. The molecule has 0 nitrogen and oxygen atoms in total. The summed E-state index contributed by atoms with van der Waals surface area (Å²) in [6, 6.07) is 0. The molecule has 0 aromatic rings. The molecule has 0 aliphatic rings. The van der Waals surface area contributed by atoms with Crippen LogP contribution in [-0.2, 0) is 0 Å². The third kappa shape index (κ3) is 14.5. The van der Waals surface area contributed by atoms with E-state index < -0.39 is 0 Å². The fraction of sp³-hybridized carbons (Fsp3) is 0.786. The van der Waals surface area contributed by atoms with E-state index >= 15 is 0 Å². The van der Waals surface area contributed by atoms with E-state index in [1.807, 2.05) is 0 Å². The van der Waals surface area contributed by atoms with Gasteiger partial charge in [-0.15, -0.1) is 0 Å². The smallest absolute Gasteiger partial charge is 0.000188 e. The SMILES string of the molecule is CCCCCCCC/C=C/C[CH]CCI. The van der Waals surface area contributed by atoms with E-state index in [1.54, 1.807) is 0 Å². The second-order valence-electron chi connectivity index (χ2n) is 4.03. The third-order valence-corrected chi connectivity index (χ3v) is 3.13. The van der Waals surface area contributed by atoms with Crippen LogP contribution in [0.15, 0.2) is 12.2 Å². The Morgan fingerprint density at radius 1 is 0.867 bits per heavy atom. The minimum absolute atomic E-state index is 1.17. The summed E-state index contributed by atoms with van der Waals surface area (Å²) in [5.41, 5.74) is 0. The Hall–Kier alpha value is 0.470. The summed E-state index contributed by atoms with van der Waals surface area (Å²) in [4.78, 5) is 0. The van der Waals surface area contributed by atoms with Crippen LogP contribution >= 0.6 is 22.6 Å². The van der Waals surface area contributed by atoms with Crippen LogP contribution in [0.1, 0.15) is 64.7 Å². The third-order valence-electron chi connectivity index (χ3n) is 2.51. The normalized spacial score (nSPS) is 11.3. The number of rotatable bonds is 11. The molecule has 0 aliphatic carbocycles. The van der Waals surface area contributed by atoms with Crippen LogP contribution in [-0.4, -0.2) is 4.43 Å². The molecule has 0 aliphatic heterocycles. The van der Waals surface area contributed by atoms with Gasteiger partial charge in [0.2, 0.25) is 0 Å². The summed E-state index contributed by atoms with van der Waals surface area (Å²) >= 11 is 2.42. The van der Waals surface area contributed by atoms with Crippen molar-refractivity contribution in [1.82, 2.24) is 0 Å². The summed E-state index contributed by atoms with van der Waals surface area (Å²) in [6.45, 7) is 2.27. The van der Waals surface area contributed by atoms with E-state index in [-0.39, 0.29) is 0 Å². The Kier molecular flexibility index (Phi) is 14.9. The minimum Gasteiger partial charge on any atom is -0.0885 e. The Morgan fingerprint density at radius 2 is 1.60 bits per heavy atom. The zero-order valence-electron chi connectivity index (χ0n) is 10.2. The van der Waals surface area contributed by atoms with Crippen LogP contribution in [0.4, 0.5) is 0 Å². The van der Waals surface area contributed by atoms with Gasteiger partial charge in [0.25, 0.3) is 0 Å². The van der Waals surface area contributed by atoms with Gasteiger partial charge in [0.1, 0.15) is 0 Å². The first kappa shape index (κ1) is 15.5. The molecule has 0 atom stereocenters. The van der Waals surface area contributed by atoms with Crippen molar-refractivity contribution >= 4 is 22.6 Å². The molecule has 0 bridgehead atoms. The average Bonchev–Trinajstić information content (AvgIpc) is 2.26.